The number of carbonyl (C=O) groups excluding carboxylic acids is 1. The van der Waals surface area contributed by atoms with Gasteiger partial charge in [-0.05, 0) is 66.9 Å². The van der Waals surface area contributed by atoms with E-state index in [1.807, 2.05) is 42.5 Å². The molecule has 7 nitrogen and oxygen atoms in total. The first-order chi connectivity index (χ1) is 16.5. The van der Waals surface area contributed by atoms with Gasteiger partial charge < -0.3 is 25.8 Å². The van der Waals surface area contributed by atoms with Crippen molar-refractivity contribution < 1.29 is 15.0 Å². The Balaban J connectivity index is 0.00000342. The van der Waals surface area contributed by atoms with Crippen molar-refractivity contribution in [3.63, 3.8) is 0 Å². The lowest BCUT2D eigenvalue weighted by Gasteiger charge is -2.19. The zero-order valence-electron chi connectivity index (χ0n) is 19.0. The van der Waals surface area contributed by atoms with E-state index in [-0.39, 0.29) is 42.3 Å². The molecule has 1 atom stereocenters. The third-order valence-corrected chi connectivity index (χ3v) is 5.75. The van der Waals surface area contributed by atoms with Gasteiger partial charge in [-0.1, -0.05) is 36.4 Å². The number of amides is 1. The van der Waals surface area contributed by atoms with E-state index in [4.69, 9.17) is 0 Å². The van der Waals surface area contributed by atoms with Gasteiger partial charge in [0.05, 0.1) is 18.2 Å². The molecule has 4 aromatic rings. The van der Waals surface area contributed by atoms with Crippen LogP contribution in [0.5, 0.6) is 5.75 Å². The van der Waals surface area contributed by atoms with Crippen molar-refractivity contribution in [2.75, 3.05) is 18.5 Å². The first kappa shape index (κ1) is 26.0. The van der Waals surface area contributed by atoms with Gasteiger partial charge in [-0.2, -0.15) is 0 Å². The minimum Gasteiger partial charge on any atom is -0.506 e. The summed E-state index contributed by atoms with van der Waals surface area (Å²) < 4.78 is 0. The molecule has 0 radical (unpaired) electrons. The van der Waals surface area contributed by atoms with E-state index < -0.39 is 0 Å². The number of hydrogen-bond acceptors (Lipinski definition) is 5. The molecule has 0 fully saturated rings. The zero-order valence-corrected chi connectivity index (χ0v) is 19.8. The molecule has 1 aromatic heterocycles. The first-order valence-corrected chi connectivity index (χ1v) is 11.2. The van der Waals surface area contributed by atoms with Crippen molar-refractivity contribution in [3.05, 3.63) is 106 Å². The maximum atomic E-state index is 12.3. The summed E-state index contributed by atoms with van der Waals surface area (Å²) >= 11 is 0. The molecule has 1 amide bonds. The van der Waals surface area contributed by atoms with E-state index in [0.29, 0.717) is 23.0 Å². The Morgan fingerprint density at radius 3 is 2.40 bits per heavy atom. The Morgan fingerprint density at radius 2 is 1.69 bits per heavy atom. The monoisotopic (exact) mass is 493 g/mol. The number of carbonyl (C=O) groups is 1. The summed E-state index contributed by atoms with van der Waals surface area (Å²) in [5.41, 5.74) is 3.39. The number of pyridine rings is 1. The number of aliphatic hydroxyl groups is 1. The summed E-state index contributed by atoms with van der Waals surface area (Å²) in [6, 6.07) is 22.9. The summed E-state index contributed by atoms with van der Waals surface area (Å²) in [4.78, 5) is 26.5. The molecule has 0 saturated carbocycles. The molecule has 35 heavy (non-hydrogen) atoms. The second-order valence-electron chi connectivity index (χ2n) is 8.10. The van der Waals surface area contributed by atoms with Crippen LogP contribution in [0.25, 0.3) is 10.9 Å². The van der Waals surface area contributed by atoms with Crippen molar-refractivity contribution in [1.29, 1.82) is 0 Å². The fourth-order valence-electron chi connectivity index (χ4n) is 3.95. The average Bonchev–Trinajstić information content (AvgIpc) is 2.86. The summed E-state index contributed by atoms with van der Waals surface area (Å²) in [5.74, 6) is -0.144. The number of aromatic hydroxyl groups is 1. The lowest BCUT2D eigenvalue weighted by molar-refractivity contribution is 0.102. The highest BCUT2D eigenvalue weighted by atomic mass is 35.5. The van der Waals surface area contributed by atoms with Crippen LogP contribution >= 0.6 is 12.4 Å². The first-order valence-electron chi connectivity index (χ1n) is 11.2. The molecule has 0 bridgehead atoms. The average molecular weight is 494 g/mol. The van der Waals surface area contributed by atoms with Crippen LogP contribution in [0.15, 0.2) is 83.7 Å². The Kier molecular flexibility index (Phi) is 9.03. The van der Waals surface area contributed by atoms with Gasteiger partial charge in [-0.25, -0.2) is 0 Å². The standard InChI is InChI=1S/C27H27N3O4.ClH/c31-17-23(21-12-14-24(32)26-22(21)13-15-25(33)30-26)28-16-4-5-18-8-10-20(11-9-18)29-27(34)19-6-2-1-3-7-19;/h1-3,6-15,23,28,31-32H,4-5,16-17H2,(H,29,34)(H,30,33);1H. The quantitative estimate of drug-likeness (QED) is 0.225. The number of phenolic OH excluding ortho intramolecular Hbond substituents is 1. The lowest BCUT2D eigenvalue weighted by atomic mass is 10.0. The van der Waals surface area contributed by atoms with Crippen LogP contribution in [0, 0.1) is 0 Å². The second-order valence-corrected chi connectivity index (χ2v) is 8.10. The van der Waals surface area contributed by atoms with Gasteiger partial charge in [0.15, 0.2) is 0 Å². The predicted molar refractivity (Wildman–Crippen MR) is 140 cm³/mol. The van der Waals surface area contributed by atoms with Crippen LogP contribution in [-0.2, 0) is 6.42 Å². The highest BCUT2D eigenvalue weighted by Gasteiger charge is 2.15. The molecule has 1 unspecified atom stereocenters. The fourth-order valence-corrected chi connectivity index (χ4v) is 3.95. The van der Waals surface area contributed by atoms with Crippen LogP contribution in [0.2, 0.25) is 0 Å². The number of phenols is 1. The number of nitrogens with one attached hydrogen (secondary N) is 3. The molecule has 5 N–H and O–H groups in total. The van der Waals surface area contributed by atoms with Gasteiger partial charge in [0.1, 0.15) is 5.75 Å². The second kappa shape index (κ2) is 12.2. The van der Waals surface area contributed by atoms with E-state index in [2.05, 4.69) is 15.6 Å². The minimum absolute atomic E-state index is 0. The predicted octanol–water partition coefficient (Wildman–Crippen LogP) is 4.16. The van der Waals surface area contributed by atoms with Crippen molar-refractivity contribution in [2.24, 2.45) is 0 Å². The van der Waals surface area contributed by atoms with E-state index in [0.717, 1.165) is 29.7 Å². The third-order valence-electron chi connectivity index (χ3n) is 5.75. The Morgan fingerprint density at radius 1 is 0.943 bits per heavy atom. The molecule has 0 aliphatic heterocycles. The maximum Gasteiger partial charge on any atom is 0.255 e. The number of aliphatic hydroxyl groups excluding tert-OH is 1. The number of fused-ring (bicyclic) bond motifs is 1. The Labute approximate surface area is 209 Å². The Hall–Kier alpha value is -3.65. The topological polar surface area (TPSA) is 114 Å². The molecule has 1 heterocycles. The molecular weight excluding hydrogens is 466 g/mol. The molecule has 8 heteroatoms. The van der Waals surface area contributed by atoms with Crippen LogP contribution in [-0.4, -0.2) is 34.3 Å². The number of hydrogen-bond donors (Lipinski definition) is 5. The van der Waals surface area contributed by atoms with Gasteiger partial charge in [-0.3, -0.25) is 9.59 Å². The number of aromatic nitrogens is 1. The van der Waals surface area contributed by atoms with E-state index in [9.17, 15) is 19.8 Å². The fraction of sp³-hybridized carbons (Fsp3) is 0.185. The number of halogens is 1. The Bertz CT molecular complexity index is 1320. The lowest BCUT2D eigenvalue weighted by Crippen LogP contribution is -2.26. The normalized spacial score (nSPS) is 11.6. The van der Waals surface area contributed by atoms with E-state index in [1.54, 1.807) is 24.3 Å². The smallest absolute Gasteiger partial charge is 0.255 e. The largest absolute Gasteiger partial charge is 0.506 e. The number of rotatable bonds is 9. The van der Waals surface area contributed by atoms with Crippen molar-refractivity contribution in [1.82, 2.24) is 10.3 Å². The summed E-state index contributed by atoms with van der Waals surface area (Å²) in [6.45, 7) is 0.554. The van der Waals surface area contributed by atoms with E-state index >= 15 is 0 Å². The van der Waals surface area contributed by atoms with Gasteiger partial charge >= 0.3 is 0 Å². The number of anilines is 1. The SMILES string of the molecule is Cl.O=C(Nc1ccc(CCCNC(CO)c2ccc(O)c3[nH]c(=O)ccc23)cc1)c1ccccc1. The van der Waals surface area contributed by atoms with Crippen LogP contribution in [0.1, 0.15) is 33.9 Å². The number of aryl methyl sites for hydroxylation is 1. The van der Waals surface area contributed by atoms with Gasteiger partial charge in [0.2, 0.25) is 5.56 Å². The molecule has 0 aliphatic carbocycles. The molecular formula is C27H28ClN3O4. The molecule has 3 aromatic carbocycles. The van der Waals surface area contributed by atoms with Gasteiger partial charge in [0, 0.05) is 22.7 Å². The maximum absolute atomic E-state index is 12.3. The molecule has 4 rings (SSSR count). The summed E-state index contributed by atoms with van der Waals surface area (Å²) in [7, 11) is 0. The zero-order chi connectivity index (χ0) is 23.9. The van der Waals surface area contributed by atoms with Crippen LogP contribution in [0.3, 0.4) is 0 Å². The van der Waals surface area contributed by atoms with Gasteiger partial charge in [-0.15, -0.1) is 12.4 Å². The summed E-state index contributed by atoms with van der Waals surface area (Å²) in [6.07, 6.45) is 1.68. The number of aromatic amines is 1. The van der Waals surface area contributed by atoms with Crippen LogP contribution < -0.4 is 16.2 Å². The minimum atomic E-state index is -0.329. The number of H-pyrrole nitrogens is 1. The van der Waals surface area contributed by atoms with Crippen molar-refractivity contribution >= 4 is 34.9 Å². The summed E-state index contributed by atoms with van der Waals surface area (Å²) in [5, 5.41) is 26.9. The van der Waals surface area contributed by atoms with Gasteiger partial charge in [0.25, 0.3) is 5.91 Å². The molecule has 0 aliphatic rings. The third kappa shape index (κ3) is 6.48. The highest BCUT2D eigenvalue weighted by Crippen LogP contribution is 2.28. The van der Waals surface area contributed by atoms with E-state index in [1.165, 1.54) is 12.1 Å². The molecule has 182 valence electrons. The molecule has 0 spiro atoms. The van der Waals surface area contributed by atoms with Crippen molar-refractivity contribution in [2.45, 2.75) is 18.9 Å². The molecule has 0 saturated heterocycles. The van der Waals surface area contributed by atoms with Crippen molar-refractivity contribution in [3.8, 4) is 5.75 Å². The van der Waals surface area contributed by atoms with Crippen LogP contribution in [0.4, 0.5) is 5.69 Å². The number of benzene rings is 3. The highest BCUT2D eigenvalue weighted by molar-refractivity contribution is 6.04.